The fraction of sp³-hybridized carbons (Fsp3) is 0. The molecule has 0 saturated heterocycles. The zero-order valence-electron chi connectivity index (χ0n) is 6.00. The molecule has 1 aromatic carbocycles. The number of nitriles is 2. The van der Waals surface area contributed by atoms with Gasteiger partial charge < -0.3 is 0 Å². The minimum atomic E-state index is 0.371. The van der Waals surface area contributed by atoms with Crippen molar-refractivity contribution in [1.82, 2.24) is 0 Å². The third kappa shape index (κ3) is 1.66. The minimum Gasteiger partial charge on any atom is -0.291 e. The van der Waals surface area contributed by atoms with Crippen LogP contribution in [0.25, 0.3) is 0 Å². The topological polar surface area (TPSA) is 59.6 Å². The van der Waals surface area contributed by atoms with Gasteiger partial charge in [0.2, 0.25) is 0 Å². The molecule has 0 unspecified atom stereocenters. The summed E-state index contributed by atoms with van der Waals surface area (Å²) in [6.45, 7) is 0. The van der Waals surface area contributed by atoms with Crippen LogP contribution in [0, 0.1) is 22.8 Å². The molecule has 0 bridgehead atoms. The number of hydrogen-bond acceptors (Lipinski definition) is 3. The Balaban J connectivity index is 3.07. The highest BCUT2D eigenvalue weighted by Gasteiger charge is 1.99. The number of rotatable bonds is 1. The Kier molecular flexibility index (Phi) is 2.53. The molecule has 0 heterocycles. The van der Waals surface area contributed by atoms with E-state index in [-0.39, 0.29) is 0 Å². The lowest BCUT2D eigenvalue weighted by Crippen LogP contribution is -1.88. The van der Waals surface area contributed by atoms with Gasteiger partial charge in [0.15, 0.2) is 6.19 Å². The van der Waals surface area contributed by atoms with Gasteiger partial charge in [-0.25, -0.2) is 0 Å². The summed E-state index contributed by atoms with van der Waals surface area (Å²) in [4.78, 5) is 0. The molecule has 4 heteroatoms. The van der Waals surface area contributed by atoms with Crippen molar-refractivity contribution in [3.05, 3.63) is 28.8 Å². The second-order valence-electron chi connectivity index (χ2n) is 2.04. The van der Waals surface area contributed by atoms with Gasteiger partial charge in [0.25, 0.3) is 0 Å². The first-order chi connectivity index (χ1) is 5.77. The molecule has 0 aliphatic carbocycles. The lowest BCUT2D eigenvalue weighted by atomic mass is 10.2. The number of nitrogens with one attached hydrogen (secondary N) is 1. The van der Waals surface area contributed by atoms with Gasteiger partial charge in [0, 0.05) is 0 Å². The monoisotopic (exact) mass is 177 g/mol. The largest absolute Gasteiger partial charge is 0.291 e. The second-order valence-corrected chi connectivity index (χ2v) is 2.45. The molecule has 0 fully saturated rings. The maximum Gasteiger partial charge on any atom is 0.181 e. The van der Waals surface area contributed by atoms with Crippen LogP contribution in [0.4, 0.5) is 5.69 Å². The lowest BCUT2D eigenvalue weighted by molar-refractivity contribution is 1.45. The van der Waals surface area contributed by atoms with E-state index in [4.69, 9.17) is 22.1 Å². The van der Waals surface area contributed by atoms with E-state index in [9.17, 15) is 0 Å². The van der Waals surface area contributed by atoms with E-state index >= 15 is 0 Å². The Morgan fingerprint density at radius 2 is 2.08 bits per heavy atom. The number of halogens is 1. The molecule has 12 heavy (non-hydrogen) atoms. The minimum absolute atomic E-state index is 0.371. The van der Waals surface area contributed by atoms with Crippen molar-refractivity contribution in [2.24, 2.45) is 0 Å². The molecule has 0 radical (unpaired) electrons. The Morgan fingerprint density at radius 3 is 2.58 bits per heavy atom. The fourth-order valence-corrected chi connectivity index (χ4v) is 0.974. The first-order valence-electron chi connectivity index (χ1n) is 3.12. The molecule has 0 aliphatic heterocycles. The van der Waals surface area contributed by atoms with Gasteiger partial charge in [0.05, 0.1) is 22.3 Å². The van der Waals surface area contributed by atoms with E-state index in [2.05, 4.69) is 5.32 Å². The third-order valence-corrected chi connectivity index (χ3v) is 1.60. The summed E-state index contributed by atoms with van der Waals surface area (Å²) in [6.07, 6.45) is 1.74. The number of anilines is 1. The van der Waals surface area contributed by atoms with E-state index in [1.165, 1.54) is 6.07 Å². The Morgan fingerprint density at radius 1 is 1.33 bits per heavy atom. The lowest BCUT2D eigenvalue weighted by Gasteiger charge is -1.99. The molecule has 1 N–H and O–H groups in total. The van der Waals surface area contributed by atoms with Crippen LogP contribution in [-0.2, 0) is 0 Å². The van der Waals surface area contributed by atoms with Crippen LogP contribution in [0.2, 0.25) is 5.02 Å². The van der Waals surface area contributed by atoms with Crippen LogP contribution in [0.5, 0.6) is 0 Å². The average molecular weight is 178 g/mol. The van der Waals surface area contributed by atoms with Crippen molar-refractivity contribution in [2.75, 3.05) is 5.32 Å². The summed E-state index contributed by atoms with van der Waals surface area (Å²) < 4.78 is 0. The smallest absolute Gasteiger partial charge is 0.181 e. The Labute approximate surface area is 74.8 Å². The standard InChI is InChI=1S/C8H4ClN3/c9-7-3-6(4-10)1-2-8(7)12-5-11/h1-3,12H. The molecule has 3 nitrogen and oxygen atoms in total. The Bertz CT molecular complexity index is 373. The summed E-state index contributed by atoms with van der Waals surface area (Å²) in [7, 11) is 0. The Hall–Kier alpha value is -1.71. The highest BCUT2D eigenvalue weighted by atomic mass is 35.5. The SMILES string of the molecule is N#CNc1ccc(C#N)cc1Cl. The number of hydrogen-bond donors (Lipinski definition) is 1. The summed E-state index contributed by atoms with van der Waals surface area (Å²) in [5.41, 5.74) is 0.988. The molecular formula is C8H4ClN3. The molecule has 1 aromatic rings. The predicted molar refractivity (Wildman–Crippen MR) is 45.4 cm³/mol. The van der Waals surface area contributed by atoms with Gasteiger partial charge in [-0.15, -0.1) is 0 Å². The van der Waals surface area contributed by atoms with Gasteiger partial charge >= 0.3 is 0 Å². The maximum absolute atomic E-state index is 8.49. The van der Waals surface area contributed by atoms with Crippen LogP contribution in [-0.4, -0.2) is 0 Å². The number of benzene rings is 1. The summed E-state index contributed by atoms with van der Waals surface area (Å²) >= 11 is 5.72. The molecule has 0 amide bonds. The molecule has 0 aromatic heterocycles. The highest BCUT2D eigenvalue weighted by molar-refractivity contribution is 6.33. The fourth-order valence-electron chi connectivity index (χ4n) is 0.746. The second kappa shape index (κ2) is 3.61. The molecule has 58 valence electrons. The zero-order chi connectivity index (χ0) is 8.97. The van der Waals surface area contributed by atoms with Gasteiger partial charge in [-0.3, -0.25) is 5.32 Å². The molecular weight excluding hydrogens is 174 g/mol. The first kappa shape index (κ1) is 8.39. The third-order valence-electron chi connectivity index (χ3n) is 1.29. The normalized spacial score (nSPS) is 8.25. The van der Waals surface area contributed by atoms with Gasteiger partial charge in [-0.05, 0) is 18.2 Å². The predicted octanol–water partition coefficient (Wildman–Crippen LogP) is 2.10. The van der Waals surface area contributed by atoms with Crippen LogP contribution < -0.4 is 5.32 Å². The van der Waals surface area contributed by atoms with Crippen molar-refractivity contribution in [3.8, 4) is 12.3 Å². The van der Waals surface area contributed by atoms with Crippen LogP contribution in [0.1, 0.15) is 5.56 Å². The van der Waals surface area contributed by atoms with E-state index < -0.39 is 0 Å². The van der Waals surface area contributed by atoms with Crippen molar-refractivity contribution < 1.29 is 0 Å². The van der Waals surface area contributed by atoms with E-state index in [0.29, 0.717) is 16.3 Å². The van der Waals surface area contributed by atoms with Gasteiger partial charge in [-0.2, -0.15) is 10.5 Å². The first-order valence-corrected chi connectivity index (χ1v) is 3.50. The molecule has 0 atom stereocenters. The summed E-state index contributed by atoms with van der Waals surface area (Å²) in [5, 5.41) is 19.5. The number of nitrogens with zero attached hydrogens (tertiary/aromatic N) is 2. The van der Waals surface area contributed by atoms with Crippen LogP contribution in [0.15, 0.2) is 18.2 Å². The van der Waals surface area contributed by atoms with Gasteiger partial charge in [-0.1, -0.05) is 11.6 Å². The maximum atomic E-state index is 8.49. The van der Waals surface area contributed by atoms with E-state index in [1.54, 1.807) is 18.3 Å². The van der Waals surface area contributed by atoms with Crippen molar-refractivity contribution >= 4 is 17.3 Å². The highest BCUT2D eigenvalue weighted by Crippen LogP contribution is 2.21. The van der Waals surface area contributed by atoms with Crippen LogP contribution in [0.3, 0.4) is 0 Å². The average Bonchev–Trinajstić information content (AvgIpc) is 2.09. The van der Waals surface area contributed by atoms with Crippen molar-refractivity contribution in [1.29, 1.82) is 10.5 Å². The quantitative estimate of drug-likeness (QED) is 0.528. The van der Waals surface area contributed by atoms with E-state index in [0.717, 1.165) is 0 Å². The van der Waals surface area contributed by atoms with Gasteiger partial charge in [0.1, 0.15) is 0 Å². The summed E-state index contributed by atoms with van der Waals surface area (Å²) in [5.74, 6) is 0. The van der Waals surface area contributed by atoms with E-state index in [1.807, 2.05) is 6.07 Å². The van der Waals surface area contributed by atoms with Crippen LogP contribution >= 0.6 is 11.6 Å². The molecule has 0 aliphatic rings. The van der Waals surface area contributed by atoms with Crippen molar-refractivity contribution in [3.63, 3.8) is 0 Å². The molecule has 1 rings (SSSR count). The zero-order valence-corrected chi connectivity index (χ0v) is 6.76. The summed E-state index contributed by atoms with van der Waals surface area (Å²) in [6, 6.07) is 6.62. The van der Waals surface area contributed by atoms with Crippen molar-refractivity contribution in [2.45, 2.75) is 0 Å². The molecule has 0 spiro atoms. The molecule has 0 saturated carbocycles.